The van der Waals surface area contributed by atoms with Gasteiger partial charge in [0.1, 0.15) is 11.9 Å². The highest BCUT2D eigenvalue weighted by molar-refractivity contribution is 7.16. The molecule has 2 aromatic carbocycles. The second kappa shape index (κ2) is 6.60. The van der Waals surface area contributed by atoms with E-state index in [1.54, 1.807) is 24.3 Å². The monoisotopic (exact) mass is 358 g/mol. The molecule has 1 atom stereocenters. The van der Waals surface area contributed by atoms with E-state index in [4.69, 9.17) is 0 Å². The van der Waals surface area contributed by atoms with Gasteiger partial charge in [0.15, 0.2) is 4.80 Å². The number of aryl methyl sites for hydroxylation is 1. The number of rotatable bonds is 3. The molecule has 1 amide bonds. The molecule has 0 aliphatic rings. The SMILES string of the molecule is Cc1ccc(C(=O)N=c2sc3cc(F)ccc3n2C(C)C(=O)O)cc1. The van der Waals surface area contributed by atoms with Gasteiger partial charge in [-0.25, -0.2) is 9.18 Å². The van der Waals surface area contributed by atoms with Crippen LogP contribution in [0.5, 0.6) is 0 Å². The van der Waals surface area contributed by atoms with E-state index in [1.807, 2.05) is 6.92 Å². The zero-order valence-electron chi connectivity index (χ0n) is 13.6. The molecule has 5 nitrogen and oxygen atoms in total. The molecular weight excluding hydrogens is 343 g/mol. The molecule has 0 fully saturated rings. The molecule has 25 heavy (non-hydrogen) atoms. The summed E-state index contributed by atoms with van der Waals surface area (Å²) >= 11 is 1.08. The summed E-state index contributed by atoms with van der Waals surface area (Å²) in [5.41, 5.74) is 1.95. The van der Waals surface area contributed by atoms with Crippen LogP contribution in [0.3, 0.4) is 0 Å². The quantitative estimate of drug-likeness (QED) is 0.778. The maximum absolute atomic E-state index is 13.5. The summed E-state index contributed by atoms with van der Waals surface area (Å²) in [4.78, 5) is 28.2. The lowest BCUT2D eigenvalue weighted by Crippen LogP contribution is -2.25. The average molecular weight is 358 g/mol. The first kappa shape index (κ1) is 17.0. The molecule has 3 rings (SSSR count). The van der Waals surface area contributed by atoms with Gasteiger partial charge in [-0.3, -0.25) is 4.79 Å². The van der Waals surface area contributed by atoms with Crippen LogP contribution in [0, 0.1) is 12.7 Å². The maximum atomic E-state index is 13.5. The number of amides is 1. The molecule has 0 aliphatic carbocycles. The van der Waals surface area contributed by atoms with E-state index in [1.165, 1.54) is 29.7 Å². The van der Waals surface area contributed by atoms with Crippen molar-refractivity contribution in [2.75, 3.05) is 0 Å². The van der Waals surface area contributed by atoms with Crippen molar-refractivity contribution >= 4 is 33.4 Å². The van der Waals surface area contributed by atoms with Gasteiger partial charge in [-0.1, -0.05) is 29.0 Å². The number of fused-ring (bicyclic) bond motifs is 1. The summed E-state index contributed by atoms with van der Waals surface area (Å²) in [6.45, 7) is 3.40. The number of benzene rings is 2. The highest BCUT2D eigenvalue weighted by Crippen LogP contribution is 2.22. The van der Waals surface area contributed by atoms with Crippen LogP contribution in [0.4, 0.5) is 4.39 Å². The van der Waals surface area contributed by atoms with Gasteiger partial charge >= 0.3 is 5.97 Å². The molecule has 1 N–H and O–H groups in total. The van der Waals surface area contributed by atoms with Crippen molar-refractivity contribution in [2.24, 2.45) is 4.99 Å². The Morgan fingerprint density at radius 1 is 1.20 bits per heavy atom. The standard InChI is InChI=1S/C18H15FN2O3S/c1-10-3-5-12(6-4-10)16(22)20-18-21(11(2)17(23)24)14-8-7-13(19)9-15(14)25-18/h3-9,11H,1-2H3,(H,23,24). The van der Waals surface area contributed by atoms with E-state index in [2.05, 4.69) is 4.99 Å². The first-order valence-corrected chi connectivity index (χ1v) is 8.37. The Morgan fingerprint density at radius 3 is 2.52 bits per heavy atom. The summed E-state index contributed by atoms with van der Waals surface area (Å²) in [6, 6.07) is 10.1. The summed E-state index contributed by atoms with van der Waals surface area (Å²) in [5, 5.41) is 9.36. The lowest BCUT2D eigenvalue weighted by atomic mass is 10.1. The molecule has 0 saturated heterocycles. The minimum atomic E-state index is -1.06. The first-order valence-electron chi connectivity index (χ1n) is 7.56. The van der Waals surface area contributed by atoms with Crippen molar-refractivity contribution in [2.45, 2.75) is 19.9 Å². The number of hydrogen-bond acceptors (Lipinski definition) is 3. The van der Waals surface area contributed by atoms with Crippen LogP contribution in [0.15, 0.2) is 47.5 Å². The summed E-state index contributed by atoms with van der Waals surface area (Å²) in [7, 11) is 0. The van der Waals surface area contributed by atoms with Gasteiger partial charge in [-0.15, -0.1) is 0 Å². The van der Waals surface area contributed by atoms with Crippen molar-refractivity contribution in [3.05, 3.63) is 64.2 Å². The molecule has 0 saturated carbocycles. The number of aromatic nitrogens is 1. The van der Waals surface area contributed by atoms with Crippen LogP contribution in [0.2, 0.25) is 0 Å². The summed E-state index contributed by atoms with van der Waals surface area (Å²) in [5.74, 6) is -1.97. The van der Waals surface area contributed by atoms with Crippen molar-refractivity contribution in [3.8, 4) is 0 Å². The third kappa shape index (κ3) is 3.36. The first-order chi connectivity index (χ1) is 11.9. The minimum Gasteiger partial charge on any atom is -0.480 e. The Morgan fingerprint density at radius 2 is 1.88 bits per heavy atom. The van der Waals surface area contributed by atoms with E-state index in [0.717, 1.165) is 16.9 Å². The lowest BCUT2D eigenvalue weighted by molar-refractivity contribution is -0.140. The van der Waals surface area contributed by atoms with Crippen LogP contribution in [-0.4, -0.2) is 21.6 Å². The van der Waals surface area contributed by atoms with Crippen molar-refractivity contribution in [1.29, 1.82) is 0 Å². The van der Waals surface area contributed by atoms with Crippen molar-refractivity contribution in [3.63, 3.8) is 0 Å². The second-order valence-electron chi connectivity index (χ2n) is 5.66. The number of hydrogen-bond donors (Lipinski definition) is 1. The van der Waals surface area contributed by atoms with Crippen molar-refractivity contribution < 1.29 is 19.1 Å². The van der Waals surface area contributed by atoms with Gasteiger partial charge in [0.25, 0.3) is 5.91 Å². The van der Waals surface area contributed by atoms with Crippen LogP contribution >= 0.6 is 11.3 Å². The Bertz CT molecular complexity index is 1030. The molecule has 1 unspecified atom stereocenters. The van der Waals surface area contributed by atoms with Crippen LogP contribution in [0.1, 0.15) is 28.9 Å². The van der Waals surface area contributed by atoms with E-state index in [0.29, 0.717) is 15.8 Å². The minimum absolute atomic E-state index is 0.223. The van der Waals surface area contributed by atoms with E-state index in [-0.39, 0.29) is 4.80 Å². The Balaban J connectivity index is 2.20. The van der Waals surface area contributed by atoms with E-state index in [9.17, 15) is 19.1 Å². The number of aliphatic carboxylic acids is 1. The second-order valence-corrected chi connectivity index (χ2v) is 6.67. The van der Waals surface area contributed by atoms with Gasteiger partial charge in [-0.2, -0.15) is 4.99 Å². The fourth-order valence-electron chi connectivity index (χ4n) is 2.43. The summed E-state index contributed by atoms with van der Waals surface area (Å²) < 4.78 is 15.5. The molecule has 128 valence electrons. The molecule has 7 heteroatoms. The predicted octanol–water partition coefficient (Wildman–Crippen LogP) is 3.54. The molecule has 0 bridgehead atoms. The fraction of sp³-hybridized carbons (Fsp3) is 0.167. The smallest absolute Gasteiger partial charge is 0.326 e. The third-order valence-electron chi connectivity index (χ3n) is 3.83. The molecular formula is C18H15FN2O3S. The molecule has 0 spiro atoms. The number of carboxylic acid groups (broad SMARTS) is 1. The Hall–Kier alpha value is -2.80. The summed E-state index contributed by atoms with van der Waals surface area (Å²) in [6.07, 6.45) is 0. The third-order valence-corrected chi connectivity index (χ3v) is 4.85. The van der Waals surface area contributed by atoms with Crippen LogP contribution < -0.4 is 4.80 Å². The van der Waals surface area contributed by atoms with E-state index < -0.39 is 23.7 Å². The average Bonchev–Trinajstić information content (AvgIpc) is 2.91. The topological polar surface area (TPSA) is 71.7 Å². The highest BCUT2D eigenvalue weighted by atomic mass is 32.1. The van der Waals surface area contributed by atoms with Gasteiger partial charge in [0.2, 0.25) is 0 Å². The lowest BCUT2D eigenvalue weighted by Gasteiger charge is -2.09. The van der Waals surface area contributed by atoms with Crippen molar-refractivity contribution in [1.82, 2.24) is 4.57 Å². The van der Waals surface area contributed by atoms with Crippen LogP contribution in [0.25, 0.3) is 10.2 Å². The maximum Gasteiger partial charge on any atom is 0.326 e. The highest BCUT2D eigenvalue weighted by Gasteiger charge is 2.19. The van der Waals surface area contributed by atoms with Gasteiger partial charge in [-0.05, 0) is 44.2 Å². The number of thiazole rings is 1. The van der Waals surface area contributed by atoms with Gasteiger partial charge in [0.05, 0.1) is 10.2 Å². The Kier molecular flexibility index (Phi) is 4.50. The number of carboxylic acids is 1. The molecule has 0 aliphatic heterocycles. The largest absolute Gasteiger partial charge is 0.480 e. The van der Waals surface area contributed by atoms with Gasteiger partial charge in [0, 0.05) is 5.56 Å². The fourth-order valence-corrected chi connectivity index (χ4v) is 3.55. The number of nitrogens with zero attached hydrogens (tertiary/aromatic N) is 2. The normalized spacial score (nSPS) is 13.2. The molecule has 1 heterocycles. The number of carbonyl (C=O) groups is 2. The molecule has 1 aromatic heterocycles. The zero-order chi connectivity index (χ0) is 18.1. The van der Waals surface area contributed by atoms with Gasteiger partial charge < -0.3 is 9.67 Å². The Labute approximate surface area is 146 Å². The number of halogens is 1. The zero-order valence-corrected chi connectivity index (χ0v) is 14.4. The van der Waals surface area contributed by atoms with Crippen LogP contribution in [-0.2, 0) is 4.79 Å². The molecule has 0 radical (unpaired) electrons. The predicted molar refractivity (Wildman–Crippen MR) is 93.2 cm³/mol. The number of carbonyl (C=O) groups excluding carboxylic acids is 1. The molecule has 3 aromatic rings. The van der Waals surface area contributed by atoms with E-state index >= 15 is 0 Å².